The van der Waals surface area contributed by atoms with Crippen LogP contribution < -0.4 is 10.2 Å². The first kappa shape index (κ1) is 16.7. The third-order valence-corrected chi connectivity index (χ3v) is 3.34. The van der Waals surface area contributed by atoms with E-state index in [4.69, 9.17) is 4.98 Å². The molecule has 0 aromatic carbocycles. The van der Waals surface area contributed by atoms with Crippen LogP contribution >= 0.6 is 0 Å². The molecule has 1 aromatic rings. The number of nitrogens with one attached hydrogen (secondary N) is 1. The van der Waals surface area contributed by atoms with Gasteiger partial charge in [0.25, 0.3) is 0 Å². The van der Waals surface area contributed by atoms with Crippen LogP contribution in [0.3, 0.4) is 0 Å². The van der Waals surface area contributed by atoms with Crippen LogP contribution in [0, 0.1) is 6.92 Å². The van der Waals surface area contributed by atoms with Gasteiger partial charge in [-0.05, 0) is 40.4 Å². The molecule has 0 spiro atoms. The van der Waals surface area contributed by atoms with Crippen LogP contribution in [0.15, 0.2) is 0 Å². The standard InChI is InChI=1S/C15H29N5/c1-7-9-13-17-14(16-3)12(2)15(18-13)20(6)11-8-10-19(4)5/h7-11H2,1-6H3,(H,16,17,18). The van der Waals surface area contributed by atoms with Crippen molar-refractivity contribution < 1.29 is 0 Å². The Labute approximate surface area is 123 Å². The molecule has 0 radical (unpaired) electrons. The van der Waals surface area contributed by atoms with Gasteiger partial charge in [0.15, 0.2) is 0 Å². The van der Waals surface area contributed by atoms with Crippen LogP contribution in [0.4, 0.5) is 11.6 Å². The van der Waals surface area contributed by atoms with Gasteiger partial charge in [-0.2, -0.15) is 0 Å². The number of aryl methyl sites for hydroxylation is 1. The van der Waals surface area contributed by atoms with Gasteiger partial charge in [-0.1, -0.05) is 6.92 Å². The first-order valence-corrected chi connectivity index (χ1v) is 7.40. The van der Waals surface area contributed by atoms with Gasteiger partial charge in [0.05, 0.1) is 0 Å². The molecule has 5 heteroatoms. The SMILES string of the molecule is CCCc1nc(NC)c(C)c(N(C)CCCN(C)C)n1. The predicted octanol–water partition coefficient (Wildman–Crippen LogP) is 2.17. The number of hydrogen-bond donors (Lipinski definition) is 1. The maximum absolute atomic E-state index is 4.73. The predicted molar refractivity (Wildman–Crippen MR) is 86.8 cm³/mol. The molecule has 1 aromatic heterocycles. The summed E-state index contributed by atoms with van der Waals surface area (Å²) in [7, 11) is 8.24. The van der Waals surface area contributed by atoms with Gasteiger partial charge in [-0.3, -0.25) is 0 Å². The zero-order valence-electron chi connectivity index (χ0n) is 13.8. The van der Waals surface area contributed by atoms with Crippen molar-refractivity contribution in [1.29, 1.82) is 0 Å². The van der Waals surface area contributed by atoms with Crippen LogP contribution in [-0.2, 0) is 6.42 Å². The third-order valence-electron chi connectivity index (χ3n) is 3.34. The minimum atomic E-state index is 0.924. The molecule has 1 heterocycles. The topological polar surface area (TPSA) is 44.3 Å². The Bertz CT molecular complexity index is 417. The summed E-state index contributed by atoms with van der Waals surface area (Å²) >= 11 is 0. The molecule has 114 valence electrons. The van der Waals surface area contributed by atoms with Gasteiger partial charge in [0, 0.05) is 32.6 Å². The van der Waals surface area contributed by atoms with E-state index >= 15 is 0 Å². The van der Waals surface area contributed by atoms with Gasteiger partial charge in [-0.15, -0.1) is 0 Å². The van der Waals surface area contributed by atoms with E-state index in [2.05, 4.69) is 55.1 Å². The lowest BCUT2D eigenvalue weighted by Crippen LogP contribution is -2.25. The molecule has 0 saturated carbocycles. The van der Waals surface area contributed by atoms with E-state index in [0.717, 1.165) is 55.4 Å². The number of hydrogen-bond acceptors (Lipinski definition) is 5. The number of anilines is 2. The van der Waals surface area contributed by atoms with Gasteiger partial charge < -0.3 is 15.1 Å². The summed E-state index contributed by atoms with van der Waals surface area (Å²) in [6.45, 7) is 6.34. The minimum absolute atomic E-state index is 0.924. The molecule has 0 unspecified atom stereocenters. The van der Waals surface area contributed by atoms with E-state index in [1.54, 1.807) is 0 Å². The Kier molecular flexibility index (Phi) is 6.71. The highest BCUT2D eigenvalue weighted by Crippen LogP contribution is 2.23. The van der Waals surface area contributed by atoms with Gasteiger partial charge in [0.2, 0.25) is 0 Å². The molecular formula is C15H29N5. The molecule has 0 atom stereocenters. The van der Waals surface area contributed by atoms with E-state index in [-0.39, 0.29) is 0 Å². The summed E-state index contributed by atoms with van der Waals surface area (Å²) in [5, 5.41) is 3.18. The molecule has 0 bridgehead atoms. The number of rotatable bonds is 8. The summed E-state index contributed by atoms with van der Waals surface area (Å²) < 4.78 is 0. The zero-order valence-corrected chi connectivity index (χ0v) is 13.8. The highest BCUT2D eigenvalue weighted by Gasteiger charge is 2.13. The summed E-state index contributed by atoms with van der Waals surface area (Å²) in [5.41, 5.74) is 1.12. The van der Waals surface area contributed by atoms with Crippen molar-refractivity contribution in [3.63, 3.8) is 0 Å². The molecule has 1 rings (SSSR count). The van der Waals surface area contributed by atoms with E-state index in [1.165, 1.54) is 0 Å². The third kappa shape index (κ3) is 4.63. The quantitative estimate of drug-likeness (QED) is 0.790. The molecule has 20 heavy (non-hydrogen) atoms. The zero-order chi connectivity index (χ0) is 15.1. The lowest BCUT2D eigenvalue weighted by atomic mass is 10.2. The smallest absolute Gasteiger partial charge is 0.137 e. The fraction of sp³-hybridized carbons (Fsp3) is 0.733. The first-order chi connectivity index (χ1) is 9.49. The summed E-state index contributed by atoms with van der Waals surface area (Å²) in [4.78, 5) is 13.8. The molecule has 0 fully saturated rings. The van der Waals surface area contributed by atoms with Crippen molar-refractivity contribution >= 4 is 11.6 Å². The van der Waals surface area contributed by atoms with E-state index in [1.807, 2.05) is 7.05 Å². The van der Waals surface area contributed by atoms with Crippen LogP contribution in [-0.4, -0.2) is 56.1 Å². The van der Waals surface area contributed by atoms with Crippen LogP contribution in [0.5, 0.6) is 0 Å². The van der Waals surface area contributed by atoms with Crippen molar-refractivity contribution in [2.45, 2.75) is 33.1 Å². The summed E-state index contributed by atoms with van der Waals surface area (Å²) in [6, 6.07) is 0. The normalized spacial score (nSPS) is 10.9. The average molecular weight is 279 g/mol. The fourth-order valence-corrected chi connectivity index (χ4v) is 2.23. The van der Waals surface area contributed by atoms with Crippen molar-refractivity contribution in [2.75, 3.05) is 51.5 Å². The van der Waals surface area contributed by atoms with Gasteiger partial charge in [0.1, 0.15) is 17.5 Å². The van der Waals surface area contributed by atoms with Crippen LogP contribution in [0.25, 0.3) is 0 Å². The Morgan fingerprint density at radius 1 is 1.10 bits per heavy atom. The lowest BCUT2D eigenvalue weighted by Gasteiger charge is -2.23. The highest BCUT2D eigenvalue weighted by molar-refractivity contribution is 5.58. The van der Waals surface area contributed by atoms with Crippen molar-refractivity contribution in [1.82, 2.24) is 14.9 Å². The summed E-state index contributed by atoms with van der Waals surface area (Å²) in [6.07, 6.45) is 3.12. The van der Waals surface area contributed by atoms with Gasteiger partial charge >= 0.3 is 0 Å². The first-order valence-electron chi connectivity index (χ1n) is 7.40. The van der Waals surface area contributed by atoms with Crippen LogP contribution in [0.1, 0.15) is 31.2 Å². The maximum Gasteiger partial charge on any atom is 0.137 e. The maximum atomic E-state index is 4.73. The van der Waals surface area contributed by atoms with E-state index in [9.17, 15) is 0 Å². The van der Waals surface area contributed by atoms with Crippen molar-refractivity contribution in [3.8, 4) is 0 Å². The summed E-state index contributed by atoms with van der Waals surface area (Å²) in [5.74, 6) is 2.92. The Morgan fingerprint density at radius 3 is 2.35 bits per heavy atom. The van der Waals surface area contributed by atoms with Crippen molar-refractivity contribution in [2.24, 2.45) is 0 Å². The van der Waals surface area contributed by atoms with E-state index < -0.39 is 0 Å². The number of nitrogens with zero attached hydrogens (tertiary/aromatic N) is 4. The molecule has 0 saturated heterocycles. The fourth-order valence-electron chi connectivity index (χ4n) is 2.23. The average Bonchev–Trinajstić information content (AvgIpc) is 2.40. The number of aromatic nitrogens is 2. The second kappa shape index (κ2) is 8.04. The van der Waals surface area contributed by atoms with Crippen molar-refractivity contribution in [3.05, 3.63) is 11.4 Å². The Balaban J connectivity index is 2.88. The molecular weight excluding hydrogens is 250 g/mol. The molecule has 0 aliphatic heterocycles. The van der Waals surface area contributed by atoms with Crippen LogP contribution in [0.2, 0.25) is 0 Å². The second-order valence-corrected chi connectivity index (χ2v) is 5.52. The molecule has 0 amide bonds. The minimum Gasteiger partial charge on any atom is -0.373 e. The molecule has 5 nitrogen and oxygen atoms in total. The van der Waals surface area contributed by atoms with Gasteiger partial charge in [-0.25, -0.2) is 9.97 Å². The Hall–Kier alpha value is -1.36. The van der Waals surface area contributed by atoms with E-state index in [0.29, 0.717) is 0 Å². The second-order valence-electron chi connectivity index (χ2n) is 5.52. The monoisotopic (exact) mass is 279 g/mol. The lowest BCUT2D eigenvalue weighted by molar-refractivity contribution is 0.401. The molecule has 0 aliphatic carbocycles. The Morgan fingerprint density at radius 2 is 1.80 bits per heavy atom. The highest BCUT2D eigenvalue weighted by atomic mass is 15.2. The largest absolute Gasteiger partial charge is 0.373 e. The molecule has 0 aliphatic rings. The molecule has 1 N–H and O–H groups in total.